The van der Waals surface area contributed by atoms with Gasteiger partial charge in [0.15, 0.2) is 0 Å². The Morgan fingerprint density at radius 3 is 2.33 bits per heavy atom. The smallest absolute Gasteiger partial charge is 0.303 e. The van der Waals surface area contributed by atoms with E-state index in [1.165, 1.54) is 12.1 Å². The summed E-state index contributed by atoms with van der Waals surface area (Å²) in [6.45, 7) is 0. The lowest BCUT2D eigenvalue weighted by Crippen LogP contribution is -2.05. The van der Waals surface area contributed by atoms with Crippen LogP contribution in [0.4, 0.5) is 13.2 Å². The lowest BCUT2D eigenvalue weighted by molar-refractivity contribution is -0.136. The van der Waals surface area contributed by atoms with Crippen molar-refractivity contribution in [2.24, 2.45) is 0 Å². The average molecular weight is 252 g/mol. The number of rotatable bonds is 3. The molecule has 0 spiro atoms. The van der Waals surface area contributed by atoms with Crippen molar-refractivity contribution in [1.29, 1.82) is 0 Å². The number of fused-ring (bicyclic) bond motifs is 1. The van der Waals surface area contributed by atoms with Gasteiger partial charge in [-0.1, -0.05) is 30.3 Å². The maximum Gasteiger partial charge on any atom is 0.417 e. The summed E-state index contributed by atoms with van der Waals surface area (Å²) in [6.07, 6.45) is -2.81. The molecule has 0 aliphatic carbocycles. The van der Waals surface area contributed by atoms with E-state index in [9.17, 15) is 18.0 Å². The van der Waals surface area contributed by atoms with Crippen LogP contribution in [0, 0.1) is 0 Å². The van der Waals surface area contributed by atoms with Crippen molar-refractivity contribution in [3.05, 3.63) is 47.5 Å². The van der Waals surface area contributed by atoms with Crippen LogP contribution in [0.2, 0.25) is 0 Å². The van der Waals surface area contributed by atoms with E-state index >= 15 is 0 Å². The number of aryl methyl sites for hydroxylation is 1. The molecule has 2 aromatic rings. The van der Waals surface area contributed by atoms with Crippen LogP contribution < -0.4 is 0 Å². The summed E-state index contributed by atoms with van der Waals surface area (Å²) < 4.78 is 38.5. The minimum Gasteiger partial charge on any atom is -0.303 e. The molecule has 94 valence electrons. The van der Waals surface area contributed by atoms with Crippen molar-refractivity contribution >= 4 is 17.1 Å². The third-order valence-electron chi connectivity index (χ3n) is 2.85. The van der Waals surface area contributed by atoms with E-state index in [2.05, 4.69) is 0 Å². The van der Waals surface area contributed by atoms with Crippen LogP contribution in [-0.4, -0.2) is 6.29 Å². The first-order valence-corrected chi connectivity index (χ1v) is 5.55. The zero-order valence-electron chi connectivity index (χ0n) is 9.50. The molecule has 0 unspecified atom stereocenters. The van der Waals surface area contributed by atoms with Gasteiger partial charge in [0.2, 0.25) is 0 Å². The van der Waals surface area contributed by atoms with Crippen molar-refractivity contribution < 1.29 is 18.0 Å². The first-order valence-electron chi connectivity index (χ1n) is 5.55. The van der Waals surface area contributed by atoms with Gasteiger partial charge >= 0.3 is 6.18 Å². The van der Waals surface area contributed by atoms with Crippen LogP contribution in [0.15, 0.2) is 36.4 Å². The summed E-state index contributed by atoms with van der Waals surface area (Å²) in [7, 11) is 0. The molecule has 2 aromatic carbocycles. The highest BCUT2D eigenvalue weighted by Crippen LogP contribution is 2.35. The van der Waals surface area contributed by atoms with Crippen LogP contribution in [0.25, 0.3) is 10.8 Å². The van der Waals surface area contributed by atoms with Crippen LogP contribution in [-0.2, 0) is 17.4 Å². The molecule has 0 bridgehead atoms. The number of hydrogen-bond donors (Lipinski definition) is 0. The normalized spacial score (nSPS) is 11.7. The first kappa shape index (κ1) is 12.6. The molecule has 0 aliphatic rings. The molecule has 0 saturated carbocycles. The lowest BCUT2D eigenvalue weighted by Gasteiger charge is -2.12. The summed E-state index contributed by atoms with van der Waals surface area (Å²) in [5.41, 5.74) is 0.138. The molecule has 0 fully saturated rings. The number of hydrogen-bond acceptors (Lipinski definition) is 1. The van der Waals surface area contributed by atoms with Crippen molar-refractivity contribution in [2.75, 3.05) is 0 Å². The topological polar surface area (TPSA) is 17.1 Å². The van der Waals surface area contributed by atoms with E-state index in [1.54, 1.807) is 18.2 Å². The Morgan fingerprint density at radius 2 is 1.67 bits per heavy atom. The second-order valence-electron chi connectivity index (χ2n) is 4.02. The second kappa shape index (κ2) is 4.80. The molecule has 0 saturated heterocycles. The standard InChI is InChI=1S/C14H11F3O/c15-14(16,17)13-8-2-6-11-10(5-3-9-18)4-1-7-12(11)13/h1-2,4,6-9H,3,5H2. The zero-order valence-corrected chi connectivity index (χ0v) is 9.50. The molecule has 0 radical (unpaired) electrons. The van der Waals surface area contributed by atoms with Crippen molar-refractivity contribution in [1.82, 2.24) is 0 Å². The summed E-state index contributed by atoms with van der Waals surface area (Å²) >= 11 is 0. The highest BCUT2D eigenvalue weighted by Gasteiger charge is 2.32. The highest BCUT2D eigenvalue weighted by molar-refractivity contribution is 5.89. The van der Waals surface area contributed by atoms with Gasteiger partial charge in [0.25, 0.3) is 0 Å². The van der Waals surface area contributed by atoms with E-state index in [0.717, 1.165) is 17.9 Å². The largest absolute Gasteiger partial charge is 0.417 e. The van der Waals surface area contributed by atoms with Gasteiger partial charge < -0.3 is 4.79 Å². The van der Waals surface area contributed by atoms with Crippen LogP contribution >= 0.6 is 0 Å². The summed E-state index contributed by atoms with van der Waals surface area (Å²) in [5.74, 6) is 0. The Balaban J connectivity index is 2.61. The number of aldehydes is 1. The zero-order chi connectivity index (χ0) is 13.2. The van der Waals surface area contributed by atoms with E-state index in [-0.39, 0.29) is 5.39 Å². The first-order chi connectivity index (χ1) is 8.54. The quantitative estimate of drug-likeness (QED) is 0.755. The Morgan fingerprint density at radius 1 is 1.00 bits per heavy atom. The van der Waals surface area contributed by atoms with Crippen LogP contribution in [0.5, 0.6) is 0 Å². The van der Waals surface area contributed by atoms with Gasteiger partial charge in [-0.15, -0.1) is 0 Å². The average Bonchev–Trinajstić information content (AvgIpc) is 2.34. The number of carbonyl (C=O) groups is 1. The van der Waals surface area contributed by atoms with Gasteiger partial charge in [-0.25, -0.2) is 0 Å². The molecule has 4 heteroatoms. The molecular weight excluding hydrogens is 241 g/mol. The molecule has 0 aromatic heterocycles. The molecule has 0 atom stereocenters. The number of alkyl halides is 3. The fraction of sp³-hybridized carbons (Fsp3) is 0.214. The summed E-state index contributed by atoms with van der Waals surface area (Å²) in [4.78, 5) is 10.4. The molecular formula is C14H11F3O. The van der Waals surface area contributed by atoms with E-state index in [4.69, 9.17) is 0 Å². The minimum atomic E-state index is -4.36. The molecule has 0 aliphatic heterocycles. The molecule has 0 amide bonds. The van der Waals surface area contributed by atoms with Crippen molar-refractivity contribution in [3.63, 3.8) is 0 Å². The van der Waals surface area contributed by atoms with Gasteiger partial charge in [-0.05, 0) is 28.8 Å². The molecule has 0 heterocycles. The number of benzene rings is 2. The van der Waals surface area contributed by atoms with E-state index in [0.29, 0.717) is 18.2 Å². The van der Waals surface area contributed by atoms with Gasteiger partial charge in [0, 0.05) is 6.42 Å². The molecule has 18 heavy (non-hydrogen) atoms. The monoisotopic (exact) mass is 252 g/mol. The van der Waals surface area contributed by atoms with E-state index in [1.807, 2.05) is 0 Å². The maximum absolute atomic E-state index is 12.8. The Kier molecular flexibility index (Phi) is 3.36. The minimum absolute atomic E-state index is 0.188. The number of carbonyl (C=O) groups excluding carboxylic acids is 1. The predicted molar refractivity (Wildman–Crippen MR) is 63.3 cm³/mol. The third kappa shape index (κ3) is 2.37. The van der Waals surface area contributed by atoms with Crippen LogP contribution in [0.3, 0.4) is 0 Å². The fourth-order valence-electron chi connectivity index (χ4n) is 2.05. The summed E-state index contributed by atoms with van der Waals surface area (Å²) in [5, 5.41) is 0.752. The summed E-state index contributed by atoms with van der Waals surface area (Å²) in [6, 6.07) is 8.94. The van der Waals surface area contributed by atoms with Crippen molar-refractivity contribution in [2.45, 2.75) is 19.0 Å². The molecule has 2 rings (SSSR count). The number of halogens is 3. The maximum atomic E-state index is 12.8. The van der Waals surface area contributed by atoms with Gasteiger partial charge in [-0.2, -0.15) is 13.2 Å². The van der Waals surface area contributed by atoms with Crippen LogP contribution in [0.1, 0.15) is 17.5 Å². The Hall–Kier alpha value is -1.84. The highest BCUT2D eigenvalue weighted by atomic mass is 19.4. The Bertz CT molecular complexity index is 573. The van der Waals surface area contributed by atoms with Crippen molar-refractivity contribution in [3.8, 4) is 0 Å². The fourth-order valence-corrected chi connectivity index (χ4v) is 2.05. The molecule has 1 nitrogen and oxygen atoms in total. The molecule has 0 N–H and O–H groups in total. The van der Waals surface area contributed by atoms with E-state index < -0.39 is 11.7 Å². The SMILES string of the molecule is O=CCCc1cccc2c(C(F)(F)F)cccc12. The second-order valence-corrected chi connectivity index (χ2v) is 4.02. The van der Waals surface area contributed by atoms with Gasteiger partial charge in [0.1, 0.15) is 6.29 Å². The van der Waals surface area contributed by atoms with Gasteiger partial charge in [0.05, 0.1) is 5.56 Å². The third-order valence-corrected chi connectivity index (χ3v) is 2.85. The Labute approximate surface area is 102 Å². The predicted octanol–water partition coefficient (Wildman–Crippen LogP) is 3.99. The van der Waals surface area contributed by atoms with Gasteiger partial charge in [-0.3, -0.25) is 0 Å². The lowest BCUT2D eigenvalue weighted by atomic mass is 9.97.